The van der Waals surface area contributed by atoms with Gasteiger partial charge in [0, 0.05) is 18.0 Å². The summed E-state index contributed by atoms with van der Waals surface area (Å²) in [6.07, 6.45) is 0.837. The number of carbonyl (C=O) groups excluding carboxylic acids is 1. The normalized spacial score (nSPS) is 17.9. The third kappa shape index (κ3) is 2.54. The van der Waals surface area contributed by atoms with Crippen LogP contribution in [0.1, 0.15) is 24.5 Å². The average molecular weight is 240 g/mol. The lowest BCUT2D eigenvalue weighted by atomic mass is 10.1. The maximum absolute atomic E-state index is 11.4. The van der Waals surface area contributed by atoms with Gasteiger partial charge in [-0.05, 0) is 24.1 Å². The zero-order valence-corrected chi connectivity index (χ0v) is 9.65. The Morgan fingerprint density at radius 1 is 1.50 bits per heavy atom. The molecule has 0 bridgehead atoms. The lowest BCUT2D eigenvalue weighted by Gasteiger charge is -2.20. The number of benzene rings is 1. The van der Waals surface area contributed by atoms with Crippen molar-refractivity contribution in [3.8, 4) is 0 Å². The number of nitrogens with zero attached hydrogens (tertiary/aromatic N) is 1. The van der Waals surface area contributed by atoms with Crippen LogP contribution in [0.25, 0.3) is 0 Å². The van der Waals surface area contributed by atoms with Crippen LogP contribution in [0.3, 0.4) is 0 Å². The molecule has 4 heteroatoms. The first-order chi connectivity index (χ1) is 7.66. The third-order valence-electron chi connectivity index (χ3n) is 2.80. The first-order valence-electron chi connectivity index (χ1n) is 5.38. The topological polar surface area (TPSA) is 40.5 Å². The number of rotatable bonds is 3. The van der Waals surface area contributed by atoms with E-state index in [1.54, 1.807) is 23.1 Å². The van der Waals surface area contributed by atoms with Gasteiger partial charge in [-0.15, -0.1) is 0 Å². The molecule has 0 spiro atoms. The van der Waals surface area contributed by atoms with Crippen LogP contribution < -0.4 is 0 Å². The lowest BCUT2D eigenvalue weighted by molar-refractivity contribution is -0.128. The summed E-state index contributed by atoms with van der Waals surface area (Å²) in [6.45, 7) is 1.11. The molecule has 3 nitrogen and oxygen atoms in total. The molecule has 1 unspecified atom stereocenters. The first-order valence-corrected chi connectivity index (χ1v) is 5.76. The summed E-state index contributed by atoms with van der Waals surface area (Å²) in [5, 5.41) is 10.6. The molecule has 1 N–H and O–H groups in total. The van der Waals surface area contributed by atoms with E-state index in [1.165, 1.54) is 0 Å². The third-order valence-corrected chi connectivity index (χ3v) is 3.03. The molecule has 0 saturated carbocycles. The second-order valence-electron chi connectivity index (χ2n) is 4.01. The summed E-state index contributed by atoms with van der Waals surface area (Å²) in [5.41, 5.74) is 0.757. The Balaban J connectivity index is 2.02. The maximum Gasteiger partial charge on any atom is 0.222 e. The Morgan fingerprint density at radius 3 is 2.94 bits per heavy atom. The van der Waals surface area contributed by atoms with Gasteiger partial charge in [0.2, 0.25) is 5.91 Å². The van der Waals surface area contributed by atoms with Crippen LogP contribution in [0, 0.1) is 0 Å². The minimum atomic E-state index is -0.652. The summed E-state index contributed by atoms with van der Waals surface area (Å²) in [4.78, 5) is 13.1. The van der Waals surface area contributed by atoms with E-state index < -0.39 is 6.10 Å². The Bertz CT molecular complexity index is 394. The molecule has 0 aliphatic carbocycles. The minimum absolute atomic E-state index is 0.126. The molecule has 0 radical (unpaired) electrons. The van der Waals surface area contributed by atoms with Crippen molar-refractivity contribution in [2.24, 2.45) is 0 Å². The van der Waals surface area contributed by atoms with Crippen molar-refractivity contribution in [1.29, 1.82) is 0 Å². The SMILES string of the molecule is O=C1CCCN1CC(O)c1cccc(Cl)c1. The maximum atomic E-state index is 11.4. The van der Waals surface area contributed by atoms with E-state index in [4.69, 9.17) is 11.6 Å². The number of hydrogen-bond acceptors (Lipinski definition) is 2. The number of aliphatic hydroxyl groups excluding tert-OH is 1. The van der Waals surface area contributed by atoms with Gasteiger partial charge in [-0.2, -0.15) is 0 Å². The highest BCUT2D eigenvalue weighted by atomic mass is 35.5. The molecule has 1 heterocycles. The fourth-order valence-electron chi connectivity index (χ4n) is 1.93. The van der Waals surface area contributed by atoms with Gasteiger partial charge in [-0.3, -0.25) is 4.79 Å². The second kappa shape index (κ2) is 4.85. The van der Waals surface area contributed by atoms with Crippen molar-refractivity contribution < 1.29 is 9.90 Å². The predicted octanol–water partition coefficient (Wildman–Crippen LogP) is 2.00. The summed E-state index contributed by atoms with van der Waals surface area (Å²) >= 11 is 5.84. The molecule has 86 valence electrons. The number of likely N-dealkylation sites (tertiary alicyclic amines) is 1. The van der Waals surface area contributed by atoms with E-state index in [0.29, 0.717) is 18.0 Å². The fourth-order valence-corrected chi connectivity index (χ4v) is 2.12. The molecule has 1 saturated heterocycles. The average Bonchev–Trinajstić information content (AvgIpc) is 2.64. The van der Waals surface area contributed by atoms with E-state index in [-0.39, 0.29) is 5.91 Å². The zero-order chi connectivity index (χ0) is 11.5. The monoisotopic (exact) mass is 239 g/mol. The van der Waals surface area contributed by atoms with E-state index in [2.05, 4.69) is 0 Å². The summed E-state index contributed by atoms with van der Waals surface area (Å²) in [6, 6.07) is 7.11. The molecule has 1 amide bonds. The Hall–Kier alpha value is -1.06. The second-order valence-corrected chi connectivity index (χ2v) is 4.45. The predicted molar refractivity (Wildman–Crippen MR) is 62.2 cm³/mol. The number of hydrogen-bond donors (Lipinski definition) is 1. The molecule has 1 aromatic carbocycles. The summed E-state index contributed by atoms with van der Waals surface area (Å²) in [5.74, 6) is 0.126. The van der Waals surface area contributed by atoms with Crippen LogP contribution >= 0.6 is 11.6 Å². The quantitative estimate of drug-likeness (QED) is 0.877. The highest BCUT2D eigenvalue weighted by Gasteiger charge is 2.23. The fraction of sp³-hybridized carbons (Fsp3) is 0.417. The van der Waals surface area contributed by atoms with Crippen molar-refractivity contribution in [1.82, 2.24) is 4.90 Å². The van der Waals surface area contributed by atoms with Crippen LogP contribution in [-0.4, -0.2) is 29.0 Å². The van der Waals surface area contributed by atoms with E-state index >= 15 is 0 Å². The number of aliphatic hydroxyl groups is 1. The smallest absolute Gasteiger partial charge is 0.222 e. The van der Waals surface area contributed by atoms with Gasteiger partial charge in [-0.25, -0.2) is 0 Å². The van der Waals surface area contributed by atoms with Crippen LogP contribution in [0.4, 0.5) is 0 Å². The zero-order valence-electron chi connectivity index (χ0n) is 8.90. The Morgan fingerprint density at radius 2 is 2.31 bits per heavy atom. The number of amides is 1. The van der Waals surface area contributed by atoms with Crippen LogP contribution in [0.2, 0.25) is 5.02 Å². The van der Waals surface area contributed by atoms with E-state index in [9.17, 15) is 9.90 Å². The van der Waals surface area contributed by atoms with Crippen molar-refractivity contribution >= 4 is 17.5 Å². The number of carbonyl (C=O) groups is 1. The van der Waals surface area contributed by atoms with Gasteiger partial charge >= 0.3 is 0 Å². The minimum Gasteiger partial charge on any atom is -0.387 e. The van der Waals surface area contributed by atoms with Crippen molar-refractivity contribution in [2.45, 2.75) is 18.9 Å². The molecular weight excluding hydrogens is 226 g/mol. The number of halogens is 1. The highest BCUT2D eigenvalue weighted by molar-refractivity contribution is 6.30. The molecule has 16 heavy (non-hydrogen) atoms. The molecule has 0 aromatic heterocycles. The molecular formula is C12H14ClNO2. The Labute approximate surface area is 99.6 Å². The van der Waals surface area contributed by atoms with E-state index in [1.807, 2.05) is 6.07 Å². The van der Waals surface area contributed by atoms with Gasteiger partial charge in [0.25, 0.3) is 0 Å². The van der Waals surface area contributed by atoms with E-state index in [0.717, 1.165) is 18.5 Å². The van der Waals surface area contributed by atoms with Gasteiger partial charge in [0.05, 0.1) is 12.6 Å². The largest absolute Gasteiger partial charge is 0.387 e. The Kier molecular flexibility index (Phi) is 3.46. The molecule has 1 aliphatic rings. The van der Waals surface area contributed by atoms with Gasteiger partial charge in [0.1, 0.15) is 0 Å². The molecule has 2 rings (SSSR count). The van der Waals surface area contributed by atoms with Gasteiger partial charge in [-0.1, -0.05) is 23.7 Å². The van der Waals surface area contributed by atoms with Crippen molar-refractivity contribution in [3.63, 3.8) is 0 Å². The standard InChI is InChI=1S/C12H14ClNO2/c13-10-4-1-3-9(7-10)11(15)8-14-6-2-5-12(14)16/h1,3-4,7,11,15H,2,5-6,8H2. The molecule has 1 atom stereocenters. The van der Waals surface area contributed by atoms with Crippen LogP contribution in [0.15, 0.2) is 24.3 Å². The van der Waals surface area contributed by atoms with Crippen LogP contribution in [-0.2, 0) is 4.79 Å². The van der Waals surface area contributed by atoms with Gasteiger partial charge < -0.3 is 10.0 Å². The van der Waals surface area contributed by atoms with Crippen LogP contribution in [0.5, 0.6) is 0 Å². The highest BCUT2D eigenvalue weighted by Crippen LogP contribution is 2.20. The molecule has 1 aliphatic heterocycles. The molecule has 1 aromatic rings. The number of β-amino-alcohol motifs (C(OH)–C–C–N with tert-alkyl or cyclic N) is 1. The summed E-state index contributed by atoms with van der Waals surface area (Å²) < 4.78 is 0. The molecule has 1 fully saturated rings. The first kappa shape index (κ1) is 11.4. The van der Waals surface area contributed by atoms with Crippen molar-refractivity contribution in [3.05, 3.63) is 34.9 Å². The lowest BCUT2D eigenvalue weighted by Crippen LogP contribution is -2.29. The van der Waals surface area contributed by atoms with Gasteiger partial charge in [0.15, 0.2) is 0 Å². The summed E-state index contributed by atoms with van der Waals surface area (Å²) in [7, 11) is 0. The van der Waals surface area contributed by atoms with Crippen molar-refractivity contribution in [2.75, 3.05) is 13.1 Å².